The monoisotopic (exact) mass is 287 g/mol. The van der Waals surface area contributed by atoms with E-state index in [-0.39, 0.29) is 17.6 Å². The molecule has 1 atom stereocenters. The molecule has 0 spiro atoms. The van der Waals surface area contributed by atoms with Gasteiger partial charge in [0.05, 0.1) is 0 Å². The number of nitrogens with one attached hydrogen (secondary N) is 1. The fraction of sp³-hybridized carbons (Fsp3) is 0.556. The van der Waals surface area contributed by atoms with Gasteiger partial charge < -0.3 is 5.32 Å². The van der Waals surface area contributed by atoms with Gasteiger partial charge in [-0.25, -0.2) is 0 Å². The number of benzene rings is 1. The minimum atomic E-state index is -0.514. The van der Waals surface area contributed by atoms with Gasteiger partial charge in [0.15, 0.2) is 5.78 Å². The summed E-state index contributed by atoms with van der Waals surface area (Å²) in [7, 11) is 0. The lowest BCUT2D eigenvalue weighted by Crippen LogP contribution is -2.36. The van der Waals surface area contributed by atoms with Crippen molar-refractivity contribution in [1.82, 2.24) is 5.32 Å². The molecule has 21 heavy (non-hydrogen) atoms. The van der Waals surface area contributed by atoms with E-state index in [9.17, 15) is 9.59 Å². The molecule has 0 radical (unpaired) electrons. The summed E-state index contributed by atoms with van der Waals surface area (Å²) in [5.41, 5.74) is 0.871. The van der Waals surface area contributed by atoms with Crippen LogP contribution in [0, 0.1) is 11.8 Å². The van der Waals surface area contributed by atoms with Crippen LogP contribution in [0.2, 0.25) is 0 Å². The summed E-state index contributed by atoms with van der Waals surface area (Å²) in [4.78, 5) is 24.6. The molecule has 3 nitrogen and oxygen atoms in total. The van der Waals surface area contributed by atoms with Crippen LogP contribution in [0.1, 0.15) is 57.6 Å². The highest BCUT2D eigenvalue weighted by atomic mass is 16.2. The van der Waals surface area contributed by atoms with Crippen LogP contribution >= 0.6 is 0 Å². The Morgan fingerprint density at radius 1 is 1.14 bits per heavy atom. The van der Waals surface area contributed by atoms with Gasteiger partial charge in [-0.1, -0.05) is 57.0 Å². The van der Waals surface area contributed by atoms with Crippen molar-refractivity contribution in [2.24, 2.45) is 11.8 Å². The summed E-state index contributed by atoms with van der Waals surface area (Å²) in [5, 5.41) is 2.95. The molecule has 0 saturated heterocycles. The number of ketones is 1. The molecule has 1 aromatic carbocycles. The Hall–Kier alpha value is -1.64. The molecule has 114 valence electrons. The lowest BCUT2D eigenvalue weighted by atomic mass is 9.94. The molecule has 0 bridgehead atoms. The molecule has 1 fully saturated rings. The zero-order chi connectivity index (χ0) is 15.2. The van der Waals surface area contributed by atoms with Crippen LogP contribution in [0.25, 0.3) is 0 Å². The molecule has 0 aliphatic heterocycles. The molecule has 1 N–H and O–H groups in total. The average molecular weight is 287 g/mol. The Balaban J connectivity index is 2.05. The topological polar surface area (TPSA) is 46.2 Å². The van der Waals surface area contributed by atoms with Crippen LogP contribution in [0.15, 0.2) is 30.3 Å². The van der Waals surface area contributed by atoms with Crippen molar-refractivity contribution in [2.45, 2.75) is 52.0 Å². The van der Waals surface area contributed by atoms with E-state index in [0.717, 1.165) is 18.4 Å². The van der Waals surface area contributed by atoms with Crippen LogP contribution in [0.5, 0.6) is 0 Å². The van der Waals surface area contributed by atoms with Gasteiger partial charge >= 0.3 is 0 Å². The summed E-state index contributed by atoms with van der Waals surface area (Å²) in [6.45, 7) is 3.75. The molecule has 1 aromatic rings. The number of amides is 1. The predicted octanol–water partition coefficient (Wildman–Crippen LogP) is 3.65. The smallest absolute Gasteiger partial charge is 0.221 e. The van der Waals surface area contributed by atoms with Crippen molar-refractivity contribution < 1.29 is 9.59 Å². The first-order valence-electron chi connectivity index (χ1n) is 7.96. The van der Waals surface area contributed by atoms with E-state index in [1.165, 1.54) is 12.8 Å². The fourth-order valence-electron chi connectivity index (χ4n) is 2.99. The molecule has 3 heteroatoms. The van der Waals surface area contributed by atoms with E-state index < -0.39 is 6.04 Å². The van der Waals surface area contributed by atoms with Crippen molar-refractivity contribution in [2.75, 3.05) is 0 Å². The lowest BCUT2D eigenvalue weighted by molar-refractivity contribution is -0.130. The maximum absolute atomic E-state index is 12.4. The minimum absolute atomic E-state index is 0.00440. The predicted molar refractivity (Wildman–Crippen MR) is 83.7 cm³/mol. The Morgan fingerprint density at radius 2 is 1.76 bits per heavy atom. The van der Waals surface area contributed by atoms with Crippen molar-refractivity contribution in [3.05, 3.63) is 35.9 Å². The van der Waals surface area contributed by atoms with E-state index in [0.29, 0.717) is 12.3 Å². The number of hydrogen-bond donors (Lipinski definition) is 1. The fourth-order valence-corrected chi connectivity index (χ4v) is 2.99. The number of rotatable bonds is 6. The molecule has 0 heterocycles. The number of carbonyl (C=O) groups is 2. The molecule has 0 unspecified atom stereocenters. The lowest BCUT2D eigenvalue weighted by Gasteiger charge is -2.21. The van der Waals surface area contributed by atoms with Gasteiger partial charge in [-0.2, -0.15) is 0 Å². The summed E-state index contributed by atoms with van der Waals surface area (Å²) in [6.07, 6.45) is 5.29. The highest BCUT2D eigenvalue weighted by Gasteiger charge is 2.26. The Labute approximate surface area is 127 Å². The van der Waals surface area contributed by atoms with Gasteiger partial charge in [-0.3, -0.25) is 9.59 Å². The second-order valence-electron chi connectivity index (χ2n) is 6.32. The maximum atomic E-state index is 12.4. The normalized spacial score (nSPS) is 16.9. The van der Waals surface area contributed by atoms with Crippen LogP contribution in [-0.4, -0.2) is 11.7 Å². The first-order chi connectivity index (χ1) is 10.1. The third kappa shape index (κ3) is 4.42. The van der Waals surface area contributed by atoms with Crippen LogP contribution in [-0.2, 0) is 9.59 Å². The van der Waals surface area contributed by atoms with Crippen LogP contribution < -0.4 is 5.32 Å². The number of Topliss-reactive ketones (excluding diaryl/α,β-unsaturated/α-hetero) is 1. The summed E-state index contributed by atoms with van der Waals surface area (Å²) < 4.78 is 0. The zero-order valence-corrected chi connectivity index (χ0v) is 13.0. The Kier molecular flexibility index (Phi) is 5.54. The highest BCUT2D eigenvalue weighted by Crippen LogP contribution is 2.28. The van der Waals surface area contributed by atoms with Crippen molar-refractivity contribution in [1.29, 1.82) is 0 Å². The molecular weight excluding hydrogens is 262 g/mol. The SMILES string of the molecule is CC(C)C(=O)[C@H](NC(=O)CC1CCCC1)c1ccccc1. The maximum Gasteiger partial charge on any atom is 0.221 e. The van der Waals surface area contributed by atoms with E-state index in [1.807, 2.05) is 44.2 Å². The van der Waals surface area contributed by atoms with Gasteiger partial charge in [0.1, 0.15) is 6.04 Å². The first-order valence-corrected chi connectivity index (χ1v) is 7.96. The van der Waals surface area contributed by atoms with Crippen molar-refractivity contribution in [3.63, 3.8) is 0 Å². The van der Waals surface area contributed by atoms with Crippen molar-refractivity contribution >= 4 is 11.7 Å². The van der Waals surface area contributed by atoms with E-state index in [2.05, 4.69) is 5.32 Å². The van der Waals surface area contributed by atoms with Crippen LogP contribution in [0.3, 0.4) is 0 Å². The standard InChI is InChI=1S/C18H25NO2/c1-13(2)18(21)17(15-10-4-3-5-11-15)19-16(20)12-14-8-6-7-9-14/h3-5,10-11,13-14,17H,6-9,12H2,1-2H3,(H,19,20)/t17-/m1/s1. The second kappa shape index (κ2) is 7.39. The summed E-state index contributed by atoms with van der Waals surface area (Å²) in [6, 6.07) is 9.01. The van der Waals surface area contributed by atoms with Gasteiger partial charge in [0.2, 0.25) is 5.91 Å². The van der Waals surface area contributed by atoms with Crippen LogP contribution in [0.4, 0.5) is 0 Å². The van der Waals surface area contributed by atoms with E-state index in [1.54, 1.807) is 0 Å². The van der Waals surface area contributed by atoms with Gasteiger partial charge in [-0.15, -0.1) is 0 Å². The third-order valence-corrected chi connectivity index (χ3v) is 4.24. The molecular formula is C18H25NO2. The third-order valence-electron chi connectivity index (χ3n) is 4.24. The summed E-state index contributed by atoms with van der Waals surface area (Å²) in [5.74, 6) is 0.475. The minimum Gasteiger partial charge on any atom is -0.342 e. The zero-order valence-electron chi connectivity index (χ0n) is 13.0. The quantitative estimate of drug-likeness (QED) is 0.868. The number of hydrogen-bond acceptors (Lipinski definition) is 2. The largest absolute Gasteiger partial charge is 0.342 e. The molecule has 2 rings (SSSR count). The Morgan fingerprint density at radius 3 is 2.33 bits per heavy atom. The molecule has 1 amide bonds. The summed E-state index contributed by atoms with van der Waals surface area (Å²) >= 11 is 0. The first kappa shape index (κ1) is 15.7. The average Bonchev–Trinajstić information content (AvgIpc) is 2.97. The second-order valence-corrected chi connectivity index (χ2v) is 6.32. The highest BCUT2D eigenvalue weighted by molar-refractivity contribution is 5.91. The van der Waals surface area contributed by atoms with Gasteiger partial charge in [0.25, 0.3) is 0 Å². The van der Waals surface area contributed by atoms with E-state index in [4.69, 9.17) is 0 Å². The van der Waals surface area contributed by atoms with Gasteiger partial charge in [0, 0.05) is 12.3 Å². The molecule has 1 saturated carbocycles. The van der Waals surface area contributed by atoms with Gasteiger partial charge in [-0.05, 0) is 24.3 Å². The molecule has 1 aliphatic carbocycles. The molecule has 1 aliphatic rings. The van der Waals surface area contributed by atoms with Crippen molar-refractivity contribution in [3.8, 4) is 0 Å². The van der Waals surface area contributed by atoms with E-state index >= 15 is 0 Å². The Bertz CT molecular complexity index is 475. The molecule has 0 aromatic heterocycles. The number of carbonyl (C=O) groups excluding carboxylic acids is 2.